The lowest BCUT2D eigenvalue weighted by Crippen LogP contribution is -2.33. The molecule has 0 spiro atoms. The maximum atomic E-state index is 12.2. The molecule has 2 aliphatic rings. The van der Waals surface area contributed by atoms with Crippen molar-refractivity contribution in [2.45, 2.75) is 12.5 Å². The SMILES string of the molecule is O=C(CC1OC(=O)c2ccccc21)ON1C(=O)c2ccccc2C1=O. The summed E-state index contributed by atoms with van der Waals surface area (Å²) in [5, 5.41) is 0.440. The highest BCUT2D eigenvalue weighted by molar-refractivity contribution is 6.20. The number of rotatable bonds is 3. The molecule has 2 aliphatic heterocycles. The van der Waals surface area contributed by atoms with Crippen molar-refractivity contribution in [1.29, 1.82) is 0 Å². The first-order valence-corrected chi connectivity index (χ1v) is 7.55. The Balaban J connectivity index is 1.49. The zero-order valence-corrected chi connectivity index (χ0v) is 12.8. The molecule has 4 rings (SSSR count). The number of carbonyl (C=O) groups is 4. The average molecular weight is 337 g/mol. The smallest absolute Gasteiger partial charge is 0.339 e. The van der Waals surface area contributed by atoms with E-state index in [0.717, 1.165) is 0 Å². The summed E-state index contributed by atoms with van der Waals surface area (Å²) in [6.45, 7) is 0. The number of hydrogen-bond acceptors (Lipinski definition) is 6. The van der Waals surface area contributed by atoms with Gasteiger partial charge in [-0.3, -0.25) is 9.59 Å². The Kier molecular flexibility index (Phi) is 3.35. The molecular formula is C18H11NO6. The molecule has 25 heavy (non-hydrogen) atoms. The Morgan fingerprint density at radius 3 is 2.12 bits per heavy atom. The van der Waals surface area contributed by atoms with Gasteiger partial charge in [-0.2, -0.15) is 0 Å². The van der Waals surface area contributed by atoms with Crippen LogP contribution in [-0.4, -0.2) is 28.8 Å². The van der Waals surface area contributed by atoms with Crippen molar-refractivity contribution in [3.05, 3.63) is 70.8 Å². The van der Waals surface area contributed by atoms with Gasteiger partial charge in [-0.25, -0.2) is 9.59 Å². The number of carbonyl (C=O) groups excluding carboxylic acids is 4. The van der Waals surface area contributed by atoms with Crippen LogP contribution in [0.1, 0.15) is 49.2 Å². The minimum absolute atomic E-state index is 0.179. The topological polar surface area (TPSA) is 90.0 Å². The van der Waals surface area contributed by atoms with E-state index >= 15 is 0 Å². The van der Waals surface area contributed by atoms with Crippen LogP contribution in [0.3, 0.4) is 0 Å². The normalized spacial score (nSPS) is 18.0. The largest absolute Gasteiger partial charge is 0.453 e. The highest BCUT2D eigenvalue weighted by Crippen LogP contribution is 2.33. The highest BCUT2D eigenvalue weighted by Gasteiger charge is 2.40. The Morgan fingerprint density at radius 2 is 1.48 bits per heavy atom. The second kappa shape index (κ2) is 5.55. The van der Waals surface area contributed by atoms with Gasteiger partial charge in [0, 0.05) is 5.56 Å². The van der Waals surface area contributed by atoms with Gasteiger partial charge in [-0.05, 0) is 18.2 Å². The minimum Gasteiger partial charge on any atom is -0.453 e. The Morgan fingerprint density at radius 1 is 0.920 bits per heavy atom. The van der Waals surface area contributed by atoms with E-state index in [1.54, 1.807) is 36.4 Å². The number of esters is 1. The quantitative estimate of drug-likeness (QED) is 0.629. The maximum Gasteiger partial charge on any atom is 0.339 e. The molecule has 2 amide bonds. The monoisotopic (exact) mass is 337 g/mol. The number of amides is 2. The zero-order chi connectivity index (χ0) is 17.6. The zero-order valence-electron chi connectivity index (χ0n) is 12.8. The van der Waals surface area contributed by atoms with Crippen molar-refractivity contribution >= 4 is 23.8 Å². The van der Waals surface area contributed by atoms with Crippen LogP contribution in [0.5, 0.6) is 0 Å². The van der Waals surface area contributed by atoms with Crippen molar-refractivity contribution in [3.8, 4) is 0 Å². The van der Waals surface area contributed by atoms with Crippen LogP contribution in [0.15, 0.2) is 48.5 Å². The van der Waals surface area contributed by atoms with E-state index < -0.39 is 29.9 Å². The molecule has 0 radical (unpaired) electrons. The minimum atomic E-state index is -0.844. The molecule has 0 aromatic heterocycles. The standard InChI is InChI=1S/C18H11NO6/c20-15(9-14-10-5-1-4-8-13(10)18(23)24-14)25-19-16(21)11-6-2-3-7-12(11)17(19)22/h1-8,14H,9H2. The van der Waals surface area contributed by atoms with E-state index in [-0.39, 0.29) is 17.5 Å². The molecule has 0 saturated heterocycles. The lowest BCUT2D eigenvalue weighted by Gasteiger charge is -2.15. The summed E-state index contributed by atoms with van der Waals surface area (Å²) >= 11 is 0. The third-order valence-electron chi connectivity index (χ3n) is 4.08. The summed E-state index contributed by atoms with van der Waals surface area (Å²) in [6.07, 6.45) is -1.10. The van der Waals surface area contributed by atoms with Crippen LogP contribution in [0.2, 0.25) is 0 Å². The van der Waals surface area contributed by atoms with Crippen molar-refractivity contribution in [2.24, 2.45) is 0 Å². The maximum absolute atomic E-state index is 12.2. The highest BCUT2D eigenvalue weighted by atomic mass is 16.7. The molecule has 1 unspecified atom stereocenters. The lowest BCUT2D eigenvalue weighted by atomic mass is 10.0. The van der Waals surface area contributed by atoms with Crippen LogP contribution in [0.25, 0.3) is 0 Å². The molecule has 2 aromatic carbocycles. The van der Waals surface area contributed by atoms with Gasteiger partial charge in [-0.1, -0.05) is 35.4 Å². The first-order valence-electron chi connectivity index (χ1n) is 7.55. The number of fused-ring (bicyclic) bond motifs is 2. The van der Waals surface area contributed by atoms with Crippen molar-refractivity contribution < 1.29 is 28.8 Å². The van der Waals surface area contributed by atoms with Gasteiger partial charge >= 0.3 is 11.9 Å². The van der Waals surface area contributed by atoms with E-state index in [4.69, 9.17) is 9.57 Å². The van der Waals surface area contributed by atoms with E-state index in [9.17, 15) is 19.2 Å². The molecule has 0 aliphatic carbocycles. The Hall–Kier alpha value is -3.48. The molecule has 124 valence electrons. The third-order valence-corrected chi connectivity index (χ3v) is 4.08. The first-order chi connectivity index (χ1) is 12.1. The fraction of sp³-hybridized carbons (Fsp3) is 0.111. The van der Waals surface area contributed by atoms with Gasteiger partial charge in [0.2, 0.25) is 0 Å². The number of hydrogen-bond donors (Lipinski definition) is 0. The van der Waals surface area contributed by atoms with Crippen molar-refractivity contribution in [2.75, 3.05) is 0 Å². The molecule has 7 nitrogen and oxygen atoms in total. The van der Waals surface area contributed by atoms with Gasteiger partial charge in [0.25, 0.3) is 11.8 Å². The summed E-state index contributed by atoms with van der Waals surface area (Å²) in [7, 11) is 0. The molecule has 0 N–H and O–H groups in total. The summed E-state index contributed by atoms with van der Waals surface area (Å²) in [5.74, 6) is -2.76. The number of ether oxygens (including phenoxy) is 1. The molecule has 0 fully saturated rings. The van der Waals surface area contributed by atoms with Gasteiger partial charge in [-0.15, -0.1) is 0 Å². The Bertz CT molecular complexity index is 900. The molecule has 0 saturated carbocycles. The van der Waals surface area contributed by atoms with Crippen LogP contribution in [0.4, 0.5) is 0 Å². The van der Waals surface area contributed by atoms with Gasteiger partial charge in [0.05, 0.1) is 23.1 Å². The van der Waals surface area contributed by atoms with Gasteiger partial charge < -0.3 is 9.57 Å². The summed E-state index contributed by atoms with van der Waals surface area (Å²) < 4.78 is 5.15. The fourth-order valence-corrected chi connectivity index (χ4v) is 2.91. The van der Waals surface area contributed by atoms with Gasteiger partial charge in [0.1, 0.15) is 6.10 Å². The number of hydroxylamine groups is 2. The third kappa shape index (κ3) is 2.37. The molecular weight excluding hydrogens is 326 g/mol. The average Bonchev–Trinajstić information content (AvgIpc) is 3.06. The summed E-state index contributed by atoms with van der Waals surface area (Å²) in [4.78, 5) is 53.2. The van der Waals surface area contributed by atoms with Crippen molar-refractivity contribution in [1.82, 2.24) is 5.06 Å². The second-order valence-corrected chi connectivity index (χ2v) is 5.60. The van der Waals surface area contributed by atoms with Crippen molar-refractivity contribution in [3.63, 3.8) is 0 Å². The summed E-state index contributed by atoms with van der Waals surface area (Å²) in [5.41, 5.74) is 1.32. The molecule has 0 bridgehead atoms. The lowest BCUT2D eigenvalue weighted by molar-refractivity contribution is -0.170. The molecule has 1 atom stereocenters. The number of nitrogens with zero attached hydrogens (tertiary/aromatic N) is 1. The van der Waals surface area contributed by atoms with E-state index in [2.05, 4.69) is 0 Å². The first kappa shape index (κ1) is 15.1. The number of cyclic esters (lactones) is 1. The van der Waals surface area contributed by atoms with Crippen LogP contribution < -0.4 is 0 Å². The predicted molar refractivity (Wildman–Crippen MR) is 82.2 cm³/mol. The van der Waals surface area contributed by atoms with Crippen LogP contribution in [-0.2, 0) is 14.4 Å². The van der Waals surface area contributed by atoms with Crippen LogP contribution in [0, 0.1) is 0 Å². The van der Waals surface area contributed by atoms with E-state index in [0.29, 0.717) is 16.2 Å². The fourth-order valence-electron chi connectivity index (χ4n) is 2.91. The number of benzene rings is 2. The molecule has 7 heteroatoms. The van der Waals surface area contributed by atoms with E-state index in [1.165, 1.54) is 12.1 Å². The Labute approximate surface area is 141 Å². The molecule has 2 heterocycles. The predicted octanol–water partition coefficient (Wildman–Crippen LogP) is 2.04. The molecule has 2 aromatic rings. The number of imide groups is 1. The van der Waals surface area contributed by atoms with E-state index in [1.807, 2.05) is 0 Å². The summed E-state index contributed by atoms with van der Waals surface area (Å²) in [6, 6.07) is 12.9. The second-order valence-electron chi connectivity index (χ2n) is 5.60. The van der Waals surface area contributed by atoms with Gasteiger partial charge in [0.15, 0.2) is 0 Å². The van der Waals surface area contributed by atoms with Crippen LogP contribution >= 0.6 is 0 Å².